The SMILES string of the molecule is CC1(c2ccccc2)CN(c2nc3c(cnn3-c3ccccc3)c(=O)[nH]2)CCO1. The number of para-hydroxylation sites is 1. The first-order valence-corrected chi connectivity index (χ1v) is 9.62. The average molecular weight is 387 g/mol. The van der Waals surface area contributed by atoms with Gasteiger partial charge >= 0.3 is 0 Å². The third-order valence-electron chi connectivity index (χ3n) is 5.38. The van der Waals surface area contributed by atoms with Gasteiger partial charge in [0.2, 0.25) is 5.95 Å². The van der Waals surface area contributed by atoms with E-state index in [0.717, 1.165) is 11.3 Å². The molecule has 1 aliphatic rings. The highest BCUT2D eigenvalue weighted by molar-refractivity contribution is 5.76. The van der Waals surface area contributed by atoms with Crippen LogP contribution >= 0.6 is 0 Å². The van der Waals surface area contributed by atoms with Gasteiger partial charge in [-0.1, -0.05) is 48.5 Å². The zero-order chi connectivity index (χ0) is 19.8. The number of anilines is 1. The molecule has 0 radical (unpaired) electrons. The number of rotatable bonds is 3. The van der Waals surface area contributed by atoms with E-state index in [-0.39, 0.29) is 5.56 Å². The minimum atomic E-state index is -0.479. The van der Waals surface area contributed by atoms with Crippen molar-refractivity contribution in [3.63, 3.8) is 0 Å². The standard InChI is InChI=1S/C22H21N5O2/c1-22(16-8-4-2-5-9-16)15-26(12-13-29-22)21-24-19-18(20(28)25-21)14-23-27(19)17-10-6-3-7-11-17/h2-11,14H,12-13,15H2,1H3,(H,24,25,28). The van der Waals surface area contributed by atoms with Gasteiger partial charge < -0.3 is 9.64 Å². The van der Waals surface area contributed by atoms with E-state index in [1.165, 1.54) is 0 Å². The first-order chi connectivity index (χ1) is 14.1. The lowest BCUT2D eigenvalue weighted by Gasteiger charge is -2.41. The van der Waals surface area contributed by atoms with Gasteiger partial charge in [0.15, 0.2) is 5.65 Å². The van der Waals surface area contributed by atoms with Crippen LogP contribution in [0.1, 0.15) is 12.5 Å². The molecule has 1 aliphatic heterocycles. The van der Waals surface area contributed by atoms with Gasteiger partial charge in [-0.3, -0.25) is 9.78 Å². The Labute approximate surface area is 167 Å². The Hall–Kier alpha value is -3.45. The number of benzene rings is 2. The quantitative estimate of drug-likeness (QED) is 0.585. The van der Waals surface area contributed by atoms with Gasteiger partial charge in [0.05, 0.1) is 25.0 Å². The van der Waals surface area contributed by atoms with E-state index >= 15 is 0 Å². The van der Waals surface area contributed by atoms with Crippen LogP contribution in [0.3, 0.4) is 0 Å². The minimum Gasteiger partial charge on any atom is -0.367 e. The first-order valence-electron chi connectivity index (χ1n) is 9.62. The van der Waals surface area contributed by atoms with Crippen LogP contribution in [0.5, 0.6) is 0 Å². The van der Waals surface area contributed by atoms with Crippen molar-refractivity contribution in [1.29, 1.82) is 0 Å². The summed E-state index contributed by atoms with van der Waals surface area (Å²) in [6, 6.07) is 19.8. The smallest absolute Gasteiger partial charge is 0.263 e. The summed E-state index contributed by atoms with van der Waals surface area (Å²) in [5.74, 6) is 0.533. The summed E-state index contributed by atoms with van der Waals surface area (Å²) in [4.78, 5) is 22.5. The molecule has 0 amide bonds. The Morgan fingerprint density at radius 1 is 1.07 bits per heavy atom. The highest BCUT2D eigenvalue weighted by Crippen LogP contribution is 2.30. The lowest BCUT2D eigenvalue weighted by atomic mass is 9.94. The molecule has 1 saturated heterocycles. The maximum Gasteiger partial charge on any atom is 0.263 e. The lowest BCUT2D eigenvalue weighted by Crippen LogP contribution is -2.49. The van der Waals surface area contributed by atoms with Crippen molar-refractivity contribution in [3.05, 3.63) is 82.8 Å². The Bertz CT molecular complexity index is 1200. The number of hydrogen-bond acceptors (Lipinski definition) is 5. The Kier molecular flexibility index (Phi) is 4.17. The van der Waals surface area contributed by atoms with Gasteiger partial charge in [0.25, 0.3) is 5.56 Å². The molecule has 0 saturated carbocycles. The van der Waals surface area contributed by atoms with Crippen molar-refractivity contribution in [3.8, 4) is 5.69 Å². The van der Waals surface area contributed by atoms with Crippen LogP contribution in [0.2, 0.25) is 0 Å². The van der Waals surface area contributed by atoms with Crippen molar-refractivity contribution in [2.75, 3.05) is 24.6 Å². The third-order valence-corrected chi connectivity index (χ3v) is 5.38. The van der Waals surface area contributed by atoms with E-state index in [4.69, 9.17) is 9.72 Å². The van der Waals surface area contributed by atoms with E-state index in [0.29, 0.717) is 36.7 Å². The zero-order valence-electron chi connectivity index (χ0n) is 16.1. The normalized spacial score (nSPS) is 19.6. The van der Waals surface area contributed by atoms with Crippen LogP contribution in [0, 0.1) is 0 Å². The van der Waals surface area contributed by atoms with Crippen molar-refractivity contribution in [2.45, 2.75) is 12.5 Å². The second-order valence-electron chi connectivity index (χ2n) is 7.39. The number of fused-ring (bicyclic) bond motifs is 1. The molecule has 2 aromatic heterocycles. The monoisotopic (exact) mass is 387 g/mol. The van der Waals surface area contributed by atoms with E-state index in [1.807, 2.05) is 48.5 Å². The number of H-pyrrole nitrogens is 1. The Morgan fingerprint density at radius 3 is 2.55 bits per heavy atom. The van der Waals surface area contributed by atoms with E-state index in [9.17, 15) is 4.79 Å². The molecule has 3 heterocycles. The number of hydrogen-bond donors (Lipinski definition) is 1. The van der Waals surface area contributed by atoms with Crippen LogP contribution < -0.4 is 10.5 Å². The molecule has 0 spiro atoms. The summed E-state index contributed by atoms with van der Waals surface area (Å²) in [7, 11) is 0. The van der Waals surface area contributed by atoms with Crippen molar-refractivity contribution in [1.82, 2.24) is 19.7 Å². The number of nitrogens with zero attached hydrogens (tertiary/aromatic N) is 4. The van der Waals surface area contributed by atoms with Crippen LogP contribution in [0.25, 0.3) is 16.7 Å². The molecular weight excluding hydrogens is 366 g/mol. The maximum atomic E-state index is 12.7. The molecule has 2 aromatic carbocycles. The summed E-state index contributed by atoms with van der Waals surface area (Å²) >= 11 is 0. The summed E-state index contributed by atoms with van der Waals surface area (Å²) in [6.07, 6.45) is 1.56. The van der Waals surface area contributed by atoms with E-state index in [2.05, 4.69) is 34.0 Å². The highest BCUT2D eigenvalue weighted by atomic mass is 16.5. The molecule has 0 bridgehead atoms. The fraction of sp³-hybridized carbons (Fsp3) is 0.227. The summed E-state index contributed by atoms with van der Waals surface area (Å²) in [5.41, 5.74) is 1.83. The molecule has 29 heavy (non-hydrogen) atoms. The Balaban J connectivity index is 1.56. The molecule has 5 rings (SSSR count). The second-order valence-corrected chi connectivity index (χ2v) is 7.39. The zero-order valence-corrected chi connectivity index (χ0v) is 16.1. The molecule has 1 fully saturated rings. The molecule has 1 N–H and O–H groups in total. The Morgan fingerprint density at radius 2 is 1.79 bits per heavy atom. The van der Waals surface area contributed by atoms with Gasteiger partial charge in [-0.2, -0.15) is 10.1 Å². The lowest BCUT2D eigenvalue weighted by molar-refractivity contribution is -0.0470. The van der Waals surface area contributed by atoms with Gasteiger partial charge in [0.1, 0.15) is 11.0 Å². The topological polar surface area (TPSA) is 76.0 Å². The van der Waals surface area contributed by atoms with Gasteiger partial charge in [-0.15, -0.1) is 0 Å². The second kappa shape index (κ2) is 6.86. The van der Waals surface area contributed by atoms with Crippen molar-refractivity contribution >= 4 is 17.0 Å². The highest BCUT2D eigenvalue weighted by Gasteiger charge is 2.35. The van der Waals surface area contributed by atoms with Crippen LogP contribution in [-0.2, 0) is 10.3 Å². The number of ether oxygens (including phenoxy) is 1. The van der Waals surface area contributed by atoms with Gasteiger partial charge in [-0.05, 0) is 24.6 Å². The fourth-order valence-electron chi connectivity index (χ4n) is 3.83. The van der Waals surface area contributed by atoms with Crippen LogP contribution in [-0.4, -0.2) is 39.4 Å². The van der Waals surface area contributed by atoms with Crippen molar-refractivity contribution in [2.24, 2.45) is 0 Å². The van der Waals surface area contributed by atoms with Crippen molar-refractivity contribution < 1.29 is 4.74 Å². The average Bonchev–Trinajstić information content (AvgIpc) is 3.20. The summed E-state index contributed by atoms with van der Waals surface area (Å²) in [5, 5.41) is 4.85. The maximum absolute atomic E-state index is 12.7. The largest absolute Gasteiger partial charge is 0.367 e. The molecule has 4 aromatic rings. The first kappa shape index (κ1) is 17.6. The summed E-state index contributed by atoms with van der Waals surface area (Å²) < 4.78 is 7.82. The van der Waals surface area contributed by atoms with E-state index in [1.54, 1.807) is 10.9 Å². The molecule has 7 nitrogen and oxygen atoms in total. The predicted octanol–water partition coefficient (Wildman–Crippen LogP) is 2.86. The number of aromatic amines is 1. The molecule has 0 aliphatic carbocycles. The van der Waals surface area contributed by atoms with Gasteiger partial charge in [0, 0.05) is 6.54 Å². The number of morpholine rings is 1. The number of aromatic nitrogens is 4. The molecule has 1 unspecified atom stereocenters. The van der Waals surface area contributed by atoms with Gasteiger partial charge in [-0.25, -0.2) is 4.68 Å². The molecular formula is C22H21N5O2. The predicted molar refractivity (Wildman–Crippen MR) is 111 cm³/mol. The van der Waals surface area contributed by atoms with Crippen LogP contribution in [0.15, 0.2) is 71.7 Å². The number of nitrogens with one attached hydrogen (secondary N) is 1. The molecule has 7 heteroatoms. The fourth-order valence-corrected chi connectivity index (χ4v) is 3.83. The minimum absolute atomic E-state index is 0.194. The van der Waals surface area contributed by atoms with Crippen LogP contribution in [0.4, 0.5) is 5.95 Å². The van der Waals surface area contributed by atoms with E-state index < -0.39 is 5.60 Å². The molecule has 146 valence electrons. The third kappa shape index (κ3) is 3.09. The summed E-state index contributed by atoms with van der Waals surface area (Å²) in [6.45, 7) is 3.85. The molecule has 1 atom stereocenters.